The Bertz CT molecular complexity index is 843. The topological polar surface area (TPSA) is 47.9 Å². The molecule has 2 aromatic rings. The zero-order valence-corrected chi connectivity index (χ0v) is 12.0. The highest BCUT2D eigenvalue weighted by Gasteiger charge is 2.24. The van der Waals surface area contributed by atoms with Gasteiger partial charge in [0, 0.05) is 5.56 Å². The molecule has 0 aromatic heterocycles. The van der Waals surface area contributed by atoms with E-state index in [4.69, 9.17) is 9.47 Å². The predicted octanol–water partition coefficient (Wildman–Crippen LogP) is 3.32. The molecule has 0 fully saturated rings. The van der Waals surface area contributed by atoms with Crippen LogP contribution in [-0.4, -0.2) is 19.0 Å². The minimum Gasteiger partial charge on any atom is -0.497 e. The minimum atomic E-state index is -0.997. The highest BCUT2D eigenvalue weighted by atomic mass is 19.2. The molecule has 0 unspecified atom stereocenters. The maximum Gasteiger partial charge on any atom is 0.363 e. The molecule has 0 atom stereocenters. The number of carbonyl (C=O) groups excluding carboxylic acids is 1. The van der Waals surface area contributed by atoms with Crippen LogP contribution in [0.5, 0.6) is 5.75 Å². The number of rotatable bonds is 3. The van der Waals surface area contributed by atoms with E-state index >= 15 is 0 Å². The molecule has 1 aliphatic rings. The molecular weight excluding hydrogens is 304 g/mol. The van der Waals surface area contributed by atoms with Gasteiger partial charge in [-0.1, -0.05) is 12.1 Å². The second kappa shape index (κ2) is 6.00. The Morgan fingerprint density at radius 1 is 1.13 bits per heavy atom. The summed E-state index contributed by atoms with van der Waals surface area (Å²) in [4.78, 5) is 16.0. The number of cyclic esters (lactones) is 1. The van der Waals surface area contributed by atoms with Crippen molar-refractivity contribution >= 4 is 17.9 Å². The fourth-order valence-electron chi connectivity index (χ4n) is 2.05. The molecule has 0 saturated heterocycles. The molecule has 1 heterocycles. The SMILES string of the molecule is COc1cccc(C2=N/C(=C/c3ccc(F)c(F)c3)C(=O)O2)c1. The third kappa shape index (κ3) is 3.11. The summed E-state index contributed by atoms with van der Waals surface area (Å²) in [6.45, 7) is 0. The van der Waals surface area contributed by atoms with Crippen molar-refractivity contribution < 1.29 is 23.0 Å². The molecule has 3 rings (SSSR count). The van der Waals surface area contributed by atoms with Crippen molar-refractivity contribution in [2.24, 2.45) is 4.99 Å². The van der Waals surface area contributed by atoms with E-state index in [0.29, 0.717) is 16.9 Å². The lowest BCUT2D eigenvalue weighted by Gasteiger charge is -2.02. The van der Waals surface area contributed by atoms with Crippen LogP contribution in [0.3, 0.4) is 0 Å². The number of halogens is 2. The zero-order chi connectivity index (χ0) is 16.4. The molecular formula is C17H11F2NO3. The van der Waals surface area contributed by atoms with E-state index in [1.54, 1.807) is 24.3 Å². The second-order valence-electron chi connectivity index (χ2n) is 4.74. The maximum absolute atomic E-state index is 13.2. The molecule has 0 amide bonds. The first-order valence-electron chi connectivity index (χ1n) is 6.69. The first-order valence-corrected chi connectivity index (χ1v) is 6.69. The number of nitrogens with zero attached hydrogens (tertiary/aromatic N) is 1. The summed E-state index contributed by atoms with van der Waals surface area (Å²) in [5.41, 5.74) is 0.895. The van der Waals surface area contributed by atoms with Crippen molar-refractivity contribution in [2.45, 2.75) is 0 Å². The monoisotopic (exact) mass is 315 g/mol. The van der Waals surface area contributed by atoms with Gasteiger partial charge in [-0.25, -0.2) is 18.6 Å². The van der Waals surface area contributed by atoms with Crippen LogP contribution in [0.25, 0.3) is 6.08 Å². The summed E-state index contributed by atoms with van der Waals surface area (Å²) in [5.74, 6) is -1.89. The van der Waals surface area contributed by atoms with Gasteiger partial charge >= 0.3 is 5.97 Å². The van der Waals surface area contributed by atoms with Crippen LogP contribution in [-0.2, 0) is 9.53 Å². The van der Waals surface area contributed by atoms with Gasteiger partial charge in [0.2, 0.25) is 5.90 Å². The van der Waals surface area contributed by atoms with Gasteiger partial charge in [-0.2, -0.15) is 0 Å². The van der Waals surface area contributed by atoms with Crippen LogP contribution in [0.2, 0.25) is 0 Å². The Kier molecular flexibility index (Phi) is 3.89. The van der Waals surface area contributed by atoms with E-state index in [-0.39, 0.29) is 11.6 Å². The van der Waals surface area contributed by atoms with Crippen LogP contribution < -0.4 is 4.74 Å². The average Bonchev–Trinajstić information content (AvgIpc) is 2.92. The minimum absolute atomic E-state index is 0.00817. The van der Waals surface area contributed by atoms with Crippen LogP contribution in [0, 0.1) is 11.6 Å². The molecule has 0 aliphatic carbocycles. The van der Waals surface area contributed by atoms with Crippen molar-refractivity contribution in [3.8, 4) is 5.75 Å². The molecule has 0 N–H and O–H groups in total. The molecule has 6 heteroatoms. The Morgan fingerprint density at radius 2 is 1.96 bits per heavy atom. The van der Waals surface area contributed by atoms with Crippen LogP contribution in [0.1, 0.15) is 11.1 Å². The van der Waals surface area contributed by atoms with Gasteiger partial charge in [0.1, 0.15) is 5.75 Å². The third-order valence-corrected chi connectivity index (χ3v) is 3.18. The Balaban J connectivity index is 1.94. The fraction of sp³-hybridized carbons (Fsp3) is 0.0588. The summed E-state index contributed by atoms with van der Waals surface area (Å²) in [5, 5.41) is 0. The number of carbonyl (C=O) groups is 1. The van der Waals surface area contributed by atoms with Crippen molar-refractivity contribution in [2.75, 3.05) is 7.11 Å². The lowest BCUT2D eigenvalue weighted by atomic mass is 10.2. The van der Waals surface area contributed by atoms with Gasteiger partial charge < -0.3 is 9.47 Å². The van der Waals surface area contributed by atoms with Gasteiger partial charge in [0.05, 0.1) is 7.11 Å². The molecule has 0 radical (unpaired) electrons. The Morgan fingerprint density at radius 3 is 2.70 bits per heavy atom. The summed E-state index contributed by atoms with van der Waals surface area (Å²) < 4.78 is 36.3. The maximum atomic E-state index is 13.2. The van der Waals surface area contributed by atoms with Crippen molar-refractivity contribution in [1.29, 1.82) is 0 Å². The van der Waals surface area contributed by atoms with Crippen molar-refractivity contribution in [3.05, 3.63) is 70.9 Å². The number of aliphatic imine (C=N–C) groups is 1. The predicted molar refractivity (Wildman–Crippen MR) is 80.0 cm³/mol. The second-order valence-corrected chi connectivity index (χ2v) is 4.74. The lowest BCUT2D eigenvalue weighted by molar-refractivity contribution is -0.129. The van der Waals surface area contributed by atoms with E-state index in [0.717, 1.165) is 12.1 Å². The van der Waals surface area contributed by atoms with Crippen molar-refractivity contribution in [1.82, 2.24) is 0 Å². The molecule has 0 saturated carbocycles. The number of ether oxygens (including phenoxy) is 2. The first kappa shape index (κ1) is 14.9. The zero-order valence-electron chi connectivity index (χ0n) is 12.0. The van der Waals surface area contributed by atoms with Gasteiger partial charge in [-0.05, 0) is 42.0 Å². The van der Waals surface area contributed by atoms with E-state index in [1.807, 2.05) is 0 Å². The summed E-state index contributed by atoms with van der Waals surface area (Å²) in [6, 6.07) is 10.2. The molecule has 23 heavy (non-hydrogen) atoms. The number of hydrogen-bond donors (Lipinski definition) is 0. The van der Waals surface area contributed by atoms with E-state index in [1.165, 1.54) is 19.3 Å². The fourth-order valence-corrected chi connectivity index (χ4v) is 2.05. The van der Waals surface area contributed by atoms with Crippen LogP contribution in [0.15, 0.2) is 53.2 Å². The van der Waals surface area contributed by atoms with Crippen LogP contribution in [0.4, 0.5) is 8.78 Å². The third-order valence-electron chi connectivity index (χ3n) is 3.18. The summed E-state index contributed by atoms with van der Waals surface area (Å²) >= 11 is 0. The van der Waals surface area contributed by atoms with Gasteiger partial charge in [0.25, 0.3) is 0 Å². The highest BCUT2D eigenvalue weighted by molar-refractivity contribution is 6.12. The number of benzene rings is 2. The Labute approximate surface area is 130 Å². The van der Waals surface area contributed by atoms with E-state index < -0.39 is 17.6 Å². The van der Waals surface area contributed by atoms with Gasteiger partial charge in [-0.3, -0.25) is 0 Å². The molecule has 116 valence electrons. The van der Waals surface area contributed by atoms with E-state index in [9.17, 15) is 13.6 Å². The van der Waals surface area contributed by atoms with Crippen LogP contribution >= 0.6 is 0 Å². The number of methoxy groups -OCH3 is 1. The molecule has 0 spiro atoms. The quantitative estimate of drug-likeness (QED) is 0.645. The Hall–Kier alpha value is -3.02. The summed E-state index contributed by atoms with van der Waals surface area (Å²) in [6.07, 6.45) is 1.33. The van der Waals surface area contributed by atoms with Gasteiger partial charge in [0.15, 0.2) is 17.3 Å². The highest BCUT2D eigenvalue weighted by Crippen LogP contribution is 2.22. The molecule has 4 nitrogen and oxygen atoms in total. The normalized spacial score (nSPS) is 15.5. The molecule has 2 aromatic carbocycles. The summed E-state index contributed by atoms with van der Waals surface area (Å²) in [7, 11) is 1.52. The smallest absolute Gasteiger partial charge is 0.363 e. The van der Waals surface area contributed by atoms with E-state index in [2.05, 4.69) is 4.99 Å². The first-order chi connectivity index (χ1) is 11.1. The average molecular weight is 315 g/mol. The number of hydrogen-bond acceptors (Lipinski definition) is 4. The van der Waals surface area contributed by atoms with Crippen molar-refractivity contribution in [3.63, 3.8) is 0 Å². The largest absolute Gasteiger partial charge is 0.497 e. The number of esters is 1. The lowest BCUT2D eigenvalue weighted by Crippen LogP contribution is -2.05. The molecule has 0 bridgehead atoms. The molecule has 1 aliphatic heterocycles. The van der Waals surface area contributed by atoms with Gasteiger partial charge in [-0.15, -0.1) is 0 Å². The standard InChI is InChI=1S/C17H11F2NO3/c1-22-12-4-2-3-11(9-12)16-20-15(17(21)23-16)8-10-5-6-13(18)14(19)7-10/h2-9H,1H3/b15-8+.